The number of benzene rings is 1. The van der Waals surface area contributed by atoms with Gasteiger partial charge in [-0.3, -0.25) is 4.90 Å². The second kappa shape index (κ2) is 6.12. The van der Waals surface area contributed by atoms with Crippen LogP contribution in [0.15, 0.2) is 18.2 Å². The molecular formula is C16H23FN4. The summed E-state index contributed by atoms with van der Waals surface area (Å²) in [4.78, 5) is 7.17. The fourth-order valence-corrected chi connectivity index (χ4v) is 3.13. The fraction of sp³-hybridized carbons (Fsp3) is 0.562. The van der Waals surface area contributed by atoms with E-state index < -0.39 is 0 Å². The van der Waals surface area contributed by atoms with Crippen LogP contribution in [0.1, 0.15) is 32.1 Å². The number of imidazole rings is 1. The molecule has 5 heteroatoms. The highest BCUT2D eigenvalue weighted by atomic mass is 19.1. The lowest BCUT2D eigenvalue weighted by Crippen LogP contribution is -2.45. The Labute approximate surface area is 125 Å². The third kappa shape index (κ3) is 2.80. The highest BCUT2D eigenvalue weighted by Crippen LogP contribution is 2.25. The molecule has 4 nitrogen and oxygen atoms in total. The number of nitrogens with one attached hydrogen (secondary N) is 1. The van der Waals surface area contributed by atoms with Crippen LogP contribution in [0.4, 0.5) is 4.39 Å². The number of hydrogen-bond acceptors (Lipinski definition) is 3. The summed E-state index contributed by atoms with van der Waals surface area (Å²) >= 11 is 0. The van der Waals surface area contributed by atoms with E-state index in [0.717, 1.165) is 56.0 Å². The molecule has 2 aromatic rings. The topological polar surface area (TPSA) is 33.1 Å². The normalized spacial score (nSPS) is 18.2. The first-order valence-corrected chi connectivity index (χ1v) is 7.81. The summed E-state index contributed by atoms with van der Waals surface area (Å²) in [7, 11) is 0. The molecule has 3 rings (SSSR count). The molecule has 2 heterocycles. The van der Waals surface area contributed by atoms with E-state index >= 15 is 0 Å². The van der Waals surface area contributed by atoms with Gasteiger partial charge in [0.1, 0.15) is 11.6 Å². The molecule has 1 atom stereocenters. The Hall–Kier alpha value is -1.46. The van der Waals surface area contributed by atoms with E-state index in [1.165, 1.54) is 12.1 Å². The van der Waals surface area contributed by atoms with Crippen LogP contribution in [0.2, 0.25) is 0 Å². The van der Waals surface area contributed by atoms with Gasteiger partial charge in [-0.1, -0.05) is 6.92 Å². The molecule has 0 aliphatic carbocycles. The molecule has 21 heavy (non-hydrogen) atoms. The Kier molecular flexibility index (Phi) is 4.22. The van der Waals surface area contributed by atoms with Crippen LogP contribution < -0.4 is 5.32 Å². The van der Waals surface area contributed by atoms with Crippen LogP contribution in [0, 0.1) is 5.82 Å². The van der Waals surface area contributed by atoms with E-state index in [-0.39, 0.29) is 11.9 Å². The first-order chi connectivity index (χ1) is 10.2. The molecule has 1 aliphatic heterocycles. The van der Waals surface area contributed by atoms with Crippen molar-refractivity contribution in [3.63, 3.8) is 0 Å². The minimum Gasteiger partial charge on any atom is -0.327 e. The lowest BCUT2D eigenvalue weighted by molar-refractivity contribution is 0.176. The smallest absolute Gasteiger partial charge is 0.127 e. The van der Waals surface area contributed by atoms with Gasteiger partial charge in [-0.15, -0.1) is 0 Å². The van der Waals surface area contributed by atoms with E-state index in [2.05, 4.69) is 28.6 Å². The molecular weight excluding hydrogens is 267 g/mol. The average Bonchev–Trinajstić information content (AvgIpc) is 2.85. The Bertz CT molecular complexity index is 616. The van der Waals surface area contributed by atoms with Crippen molar-refractivity contribution in [2.45, 2.75) is 32.9 Å². The van der Waals surface area contributed by atoms with Gasteiger partial charge in [-0.25, -0.2) is 9.37 Å². The molecule has 1 aliphatic rings. The standard InChI is InChI=1S/C16H23FN4/c1-3-8-21-15-5-4-13(17)11-14(15)19-16(21)12(2)20-9-6-18-7-10-20/h4-5,11-12,18H,3,6-10H2,1-2H3. The summed E-state index contributed by atoms with van der Waals surface area (Å²) in [6.07, 6.45) is 1.05. The molecule has 114 valence electrons. The number of hydrogen-bond donors (Lipinski definition) is 1. The minimum atomic E-state index is -0.218. The molecule has 0 spiro atoms. The zero-order valence-corrected chi connectivity index (χ0v) is 12.8. The van der Waals surface area contributed by atoms with Gasteiger partial charge in [0.15, 0.2) is 0 Å². The highest BCUT2D eigenvalue weighted by molar-refractivity contribution is 5.76. The minimum absolute atomic E-state index is 0.218. The van der Waals surface area contributed by atoms with Crippen LogP contribution in [-0.4, -0.2) is 40.6 Å². The SMILES string of the molecule is CCCn1c(C(C)N2CCNCC2)nc2cc(F)ccc21. The Morgan fingerprint density at radius 3 is 2.81 bits per heavy atom. The zero-order valence-electron chi connectivity index (χ0n) is 12.8. The van der Waals surface area contributed by atoms with Crippen molar-refractivity contribution in [2.75, 3.05) is 26.2 Å². The summed E-state index contributed by atoms with van der Waals surface area (Å²) in [6, 6.07) is 5.17. The van der Waals surface area contributed by atoms with E-state index in [4.69, 9.17) is 4.98 Å². The number of aryl methyl sites for hydroxylation is 1. The fourth-order valence-electron chi connectivity index (χ4n) is 3.13. The molecule has 0 radical (unpaired) electrons. The Balaban J connectivity index is 2.01. The summed E-state index contributed by atoms with van der Waals surface area (Å²) in [5, 5.41) is 3.38. The van der Waals surface area contributed by atoms with E-state index in [1.54, 1.807) is 0 Å². The molecule has 1 saturated heterocycles. The van der Waals surface area contributed by atoms with Gasteiger partial charge in [0.05, 0.1) is 17.1 Å². The van der Waals surface area contributed by atoms with Crippen LogP contribution in [-0.2, 0) is 6.54 Å². The summed E-state index contributed by atoms with van der Waals surface area (Å²) in [6.45, 7) is 9.40. The van der Waals surface area contributed by atoms with Gasteiger partial charge in [-0.2, -0.15) is 0 Å². The highest BCUT2D eigenvalue weighted by Gasteiger charge is 2.23. The van der Waals surface area contributed by atoms with Crippen molar-refractivity contribution in [3.05, 3.63) is 29.8 Å². The lowest BCUT2D eigenvalue weighted by atomic mass is 10.2. The maximum Gasteiger partial charge on any atom is 0.127 e. The van der Waals surface area contributed by atoms with Gasteiger partial charge in [0.2, 0.25) is 0 Å². The largest absolute Gasteiger partial charge is 0.327 e. The summed E-state index contributed by atoms with van der Waals surface area (Å²) in [5.74, 6) is 0.837. The van der Waals surface area contributed by atoms with Gasteiger partial charge >= 0.3 is 0 Å². The molecule has 0 saturated carbocycles. The molecule has 0 amide bonds. The first-order valence-electron chi connectivity index (χ1n) is 7.81. The Morgan fingerprint density at radius 2 is 2.10 bits per heavy atom. The van der Waals surface area contributed by atoms with Crippen LogP contribution in [0.25, 0.3) is 11.0 Å². The molecule has 1 aromatic carbocycles. The maximum absolute atomic E-state index is 13.5. The van der Waals surface area contributed by atoms with Gasteiger partial charge in [0, 0.05) is 38.8 Å². The van der Waals surface area contributed by atoms with Crippen LogP contribution in [0.3, 0.4) is 0 Å². The number of piperazine rings is 1. The van der Waals surface area contributed by atoms with Crippen molar-refractivity contribution in [1.29, 1.82) is 0 Å². The zero-order chi connectivity index (χ0) is 14.8. The number of aromatic nitrogens is 2. The molecule has 1 N–H and O–H groups in total. The number of fused-ring (bicyclic) bond motifs is 1. The number of rotatable bonds is 4. The maximum atomic E-state index is 13.5. The van der Waals surface area contributed by atoms with Crippen LogP contribution >= 0.6 is 0 Å². The summed E-state index contributed by atoms with van der Waals surface area (Å²) < 4.78 is 15.7. The van der Waals surface area contributed by atoms with Crippen molar-refractivity contribution in [1.82, 2.24) is 19.8 Å². The quantitative estimate of drug-likeness (QED) is 0.939. The van der Waals surface area contributed by atoms with E-state index in [1.807, 2.05) is 6.07 Å². The lowest BCUT2D eigenvalue weighted by Gasteiger charge is -2.32. The van der Waals surface area contributed by atoms with Crippen LogP contribution in [0.5, 0.6) is 0 Å². The van der Waals surface area contributed by atoms with Crippen molar-refractivity contribution in [2.24, 2.45) is 0 Å². The number of nitrogens with zero attached hydrogens (tertiary/aromatic N) is 3. The van der Waals surface area contributed by atoms with Crippen molar-refractivity contribution < 1.29 is 4.39 Å². The van der Waals surface area contributed by atoms with Crippen molar-refractivity contribution >= 4 is 11.0 Å². The second-order valence-corrected chi connectivity index (χ2v) is 5.72. The van der Waals surface area contributed by atoms with Crippen molar-refractivity contribution in [3.8, 4) is 0 Å². The summed E-state index contributed by atoms with van der Waals surface area (Å²) in [5.41, 5.74) is 1.80. The molecule has 0 bridgehead atoms. The third-order valence-corrected chi connectivity index (χ3v) is 4.26. The average molecular weight is 290 g/mol. The molecule has 1 unspecified atom stereocenters. The second-order valence-electron chi connectivity index (χ2n) is 5.72. The molecule has 1 aromatic heterocycles. The Morgan fingerprint density at radius 1 is 1.33 bits per heavy atom. The van der Waals surface area contributed by atoms with E-state index in [9.17, 15) is 4.39 Å². The number of halogens is 1. The molecule has 1 fully saturated rings. The van der Waals surface area contributed by atoms with Gasteiger partial charge in [-0.05, 0) is 25.5 Å². The van der Waals surface area contributed by atoms with Gasteiger partial charge < -0.3 is 9.88 Å². The van der Waals surface area contributed by atoms with Gasteiger partial charge in [0.25, 0.3) is 0 Å². The monoisotopic (exact) mass is 290 g/mol. The third-order valence-electron chi connectivity index (χ3n) is 4.26. The predicted molar refractivity (Wildman–Crippen MR) is 82.8 cm³/mol. The predicted octanol–water partition coefficient (Wildman–Crippen LogP) is 2.55. The van der Waals surface area contributed by atoms with E-state index in [0.29, 0.717) is 0 Å². The first kappa shape index (κ1) is 14.5.